The van der Waals surface area contributed by atoms with Gasteiger partial charge in [-0.05, 0) is 41.9 Å². The molecule has 7 heteroatoms. The van der Waals surface area contributed by atoms with E-state index in [0.717, 1.165) is 21.9 Å². The van der Waals surface area contributed by atoms with Gasteiger partial charge in [0.15, 0.2) is 0 Å². The van der Waals surface area contributed by atoms with Crippen molar-refractivity contribution in [1.82, 2.24) is 9.78 Å². The molecular weight excluding hydrogens is 317 g/mol. The van der Waals surface area contributed by atoms with Gasteiger partial charge in [0.1, 0.15) is 5.82 Å². The summed E-state index contributed by atoms with van der Waals surface area (Å²) < 4.78 is 15.7. The molecule has 0 unspecified atom stereocenters. The molecule has 1 aromatic heterocycles. The molecule has 100 valence electrons. The van der Waals surface area contributed by atoms with Gasteiger partial charge in [-0.2, -0.15) is 5.10 Å². The fourth-order valence-corrected chi connectivity index (χ4v) is 2.13. The summed E-state index contributed by atoms with van der Waals surface area (Å²) in [5.74, 6) is -0.499. The number of hydrogen-bond acceptors (Lipinski definition) is 3. The largest absolute Gasteiger partial charge is 0.274 e. The minimum atomic E-state index is -0.518. The predicted octanol–water partition coefficient (Wildman–Crippen LogP) is 3.36. The minimum absolute atomic E-state index is 0.106. The van der Waals surface area contributed by atoms with Crippen LogP contribution in [-0.2, 0) is 6.54 Å². The first-order valence-corrected chi connectivity index (χ1v) is 6.31. The molecule has 0 atom stereocenters. The van der Waals surface area contributed by atoms with Gasteiger partial charge in [0.05, 0.1) is 32.9 Å². The maximum absolute atomic E-state index is 13.2. The van der Waals surface area contributed by atoms with E-state index in [1.807, 2.05) is 13.8 Å². The molecule has 2 aromatic rings. The first-order chi connectivity index (χ1) is 8.90. The average Bonchev–Trinajstić information content (AvgIpc) is 2.57. The van der Waals surface area contributed by atoms with Gasteiger partial charge in [0, 0.05) is 6.07 Å². The molecule has 19 heavy (non-hydrogen) atoms. The van der Waals surface area contributed by atoms with E-state index in [1.54, 1.807) is 4.68 Å². The summed E-state index contributed by atoms with van der Waals surface area (Å²) in [6, 6.07) is 3.42. The van der Waals surface area contributed by atoms with Crippen molar-refractivity contribution in [3.63, 3.8) is 0 Å². The fraction of sp³-hybridized carbons (Fsp3) is 0.250. The summed E-state index contributed by atoms with van der Waals surface area (Å²) in [6.45, 7) is 3.83. The number of hydrogen-bond donors (Lipinski definition) is 0. The SMILES string of the molecule is Cc1nn(Cc2cc(F)ccc2[N+](=O)[O-])c(C)c1Br. The standard InChI is InChI=1S/C12H11BrFN3O2/c1-7-12(13)8(2)16(15-7)6-9-5-10(14)3-4-11(9)17(18)19/h3-5H,6H2,1-2H3. The second-order valence-corrected chi connectivity index (χ2v) is 4.97. The fourth-order valence-electron chi connectivity index (χ4n) is 1.85. The molecule has 0 N–H and O–H groups in total. The molecule has 1 aromatic carbocycles. The van der Waals surface area contributed by atoms with Gasteiger partial charge < -0.3 is 0 Å². The third-order valence-electron chi connectivity index (χ3n) is 2.85. The number of benzene rings is 1. The molecule has 0 fully saturated rings. The van der Waals surface area contributed by atoms with Crippen LogP contribution in [0.4, 0.5) is 10.1 Å². The van der Waals surface area contributed by atoms with Crippen molar-refractivity contribution < 1.29 is 9.31 Å². The van der Waals surface area contributed by atoms with Gasteiger partial charge in [0.2, 0.25) is 0 Å². The lowest BCUT2D eigenvalue weighted by atomic mass is 10.1. The normalized spacial score (nSPS) is 10.7. The van der Waals surface area contributed by atoms with E-state index in [-0.39, 0.29) is 12.2 Å². The van der Waals surface area contributed by atoms with Crippen LogP contribution >= 0.6 is 15.9 Å². The number of nitro benzene ring substituents is 1. The van der Waals surface area contributed by atoms with Crippen LogP contribution in [0, 0.1) is 29.8 Å². The Hall–Kier alpha value is -1.76. The Morgan fingerprint density at radius 1 is 1.47 bits per heavy atom. The number of halogens is 2. The Labute approximate surface area is 117 Å². The van der Waals surface area contributed by atoms with Crippen molar-refractivity contribution in [1.29, 1.82) is 0 Å². The van der Waals surface area contributed by atoms with Gasteiger partial charge in [-0.3, -0.25) is 14.8 Å². The number of aromatic nitrogens is 2. The second-order valence-electron chi connectivity index (χ2n) is 4.17. The quantitative estimate of drug-likeness (QED) is 0.641. The molecule has 0 saturated heterocycles. The Morgan fingerprint density at radius 2 is 2.16 bits per heavy atom. The smallest absolute Gasteiger partial charge is 0.264 e. The van der Waals surface area contributed by atoms with E-state index in [9.17, 15) is 14.5 Å². The summed E-state index contributed by atoms with van der Waals surface area (Å²) in [5, 5.41) is 15.2. The van der Waals surface area contributed by atoms with E-state index in [1.165, 1.54) is 12.1 Å². The lowest BCUT2D eigenvalue weighted by Crippen LogP contribution is -2.07. The lowest BCUT2D eigenvalue weighted by molar-refractivity contribution is -0.385. The van der Waals surface area contributed by atoms with E-state index in [2.05, 4.69) is 21.0 Å². The zero-order chi connectivity index (χ0) is 14.2. The lowest BCUT2D eigenvalue weighted by Gasteiger charge is -2.06. The molecule has 0 spiro atoms. The van der Waals surface area contributed by atoms with Gasteiger partial charge in [-0.15, -0.1) is 0 Å². The Kier molecular flexibility index (Phi) is 3.66. The van der Waals surface area contributed by atoms with Crippen LogP contribution in [0.1, 0.15) is 17.0 Å². The first kappa shape index (κ1) is 13.7. The van der Waals surface area contributed by atoms with Gasteiger partial charge in [-0.25, -0.2) is 4.39 Å². The van der Waals surface area contributed by atoms with Gasteiger partial charge in [0.25, 0.3) is 5.69 Å². The van der Waals surface area contributed by atoms with E-state index in [0.29, 0.717) is 5.56 Å². The number of aryl methyl sites for hydroxylation is 1. The van der Waals surface area contributed by atoms with Crippen molar-refractivity contribution in [3.05, 3.63) is 55.6 Å². The molecule has 1 heterocycles. The van der Waals surface area contributed by atoms with Crippen LogP contribution in [0.5, 0.6) is 0 Å². The maximum Gasteiger partial charge on any atom is 0.274 e. The molecule has 0 radical (unpaired) electrons. The summed E-state index contributed by atoms with van der Waals surface area (Å²) in [6.07, 6.45) is 0. The number of nitrogens with zero attached hydrogens (tertiary/aromatic N) is 3. The van der Waals surface area contributed by atoms with Crippen LogP contribution in [0.2, 0.25) is 0 Å². The predicted molar refractivity (Wildman–Crippen MR) is 71.6 cm³/mol. The molecule has 5 nitrogen and oxygen atoms in total. The monoisotopic (exact) mass is 327 g/mol. The molecule has 0 aliphatic heterocycles. The van der Waals surface area contributed by atoms with Gasteiger partial charge >= 0.3 is 0 Å². The van der Waals surface area contributed by atoms with Crippen molar-refractivity contribution in [3.8, 4) is 0 Å². The second kappa shape index (κ2) is 5.08. The minimum Gasteiger partial charge on any atom is -0.264 e. The summed E-state index contributed by atoms with van der Waals surface area (Å²) in [7, 11) is 0. The third-order valence-corrected chi connectivity index (χ3v) is 4.00. The average molecular weight is 328 g/mol. The maximum atomic E-state index is 13.2. The van der Waals surface area contributed by atoms with Crippen molar-refractivity contribution in [2.45, 2.75) is 20.4 Å². The third kappa shape index (κ3) is 2.65. The molecule has 0 saturated carbocycles. The molecule has 0 bridgehead atoms. The van der Waals surface area contributed by atoms with Crippen LogP contribution in [-0.4, -0.2) is 14.7 Å². The van der Waals surface area contributed by atoms with Crippen molar-refractivity contribution in [2.75, 3.05) is 0 Å². The topological polar surface area (TPSA) is 61.0 Å². The van der Waals surface area contributed by atoms with Crippen molar-refractivity contribution in [2.24, 2.45) is 0 Å². The zero-order valence-electron chi connectivity index (χ0n) is 10.4. The van der Waals surface area contributed by atoms with E-state index in [4.69, 9.17) is 0 Å². The van der Waals surface area contributed by atoms with Gasteiger partial charge in [-0.1, -0.05) is 0 Å². The van der Waals surface area contributed by atoms with Crippen LogP contribution in [0.3, 0.4) is 0 Å². The Balaban J connectivity index is 2.45. The van der Waals surface area contributed by atoms with Crippen molar-refractivity contribution >= 4 is 21.6 Å². The molecule has 0 aliphatic rings. The molecule has 0 amide bonds. The molecule has 0 aliphatic carbocycles. The number of nitro groups is 1. The highest BCUT2D eigenvalue weighted by Gasteiger charge is 2.17. The van der Waals surface area contributed by atoms with E-state index >= 15 is 0 Å². The highest BCUT2D eigenvalue weighted by atomic mass is 79.9. The zero-order valence-corrected chi connectivity index (χ0v) is 11.9. The summed E-state index contributed by atoms with van der Waals surface area (Å²) >= 11 is 3.38. The number of rotatable bonds is 3. The summed E-state index contributed by atoms with van der Waals surface area (Å²) in [5.41, 5.74) is 1.82. The van der Waals surface area contributed by atoms with Crippen LogP contribution < -0.4 is 0 Å². The first-order valence-electron chi connectivity index (χ1n) is 5.52. The van der Waals surface area contributed by atoms with Crippen LogP contribution in [0.25, 0.3) is 0 Å². The Morgan fingerprint density at radius 3 is 2.68 bits per heavy atom. The molecule has 2 rings (SSSR count). The van der Waals surface area contributed by atoms with Crippen LogP contribution in [0.15, 0.2) is 22.7 Å². The van der Waals surface area contributed by atoms with E-state index < -0.39 is 10.7 Å². The summed E-state index contributed by atoms with van der Waals surface area (Å²) in [4.78, 5) is 10.4. The Bertz CT molecular complexity index is 655. The highest BCUT2D eigenvalue weighted by molar-refractivity contribution is 9.10. The molecular formula is C12H11BrFN3O2. The highest BCUT2D eigenvalue weighted by Crippen LogP contribution is 2.24.